The average Bonchev–Trinajstić information content (AvgIpc) is 2.64. The van der Waals surface area contributed by atoms with Gasteiger partial charge in [0.1, 0.15) is 11.9 Å². The van der Waals surface area contributed by atoms with Crippen LogP contribution in [0.1, 0.15) is 12.8 Å². The quantitative estimate of drug-likeness (QED) is 0.858. The van der Waals surface area contributed by atoms with Crippen molar-refractivity contribution in [2.24, 2.45) is 0 Å². The summed E-state index contributed by atoms with van der Waals surface area (Å²) in [7, 11) is 1.96. The van der Waals surface area contributed by atoms with Crippen molar-refractivity contribution in [3.8, 4) is 0 Å². The van der Waals surface area contributed by atoms with Crippen molar-refractivity contribution in [3.63, 3.8) is 0 Å². The topological polar surface area (TPSA) is 35.6 Å². The molecule has 1 aromatic carbocycles. The van der Waals surface area contributed by atoms with E-state index in [1.807, 2.05) is 35.0 Å². The van der Waals surface area contributed by atoms with E-state index in [2.05, 4.69) is 34.4 Å². The first-order valence-electron chi connectivity index (χ1n) is 6.49. The number of carbonyl (C=O) groups excluding carboxylic acids is 1. The van der Waals surface area contributed by atoms with E-state index in [0.717, 1.165) is 40.2 Å². The second kappa shape index (κ2) is 4.66. The van der Waals surface area contributed by atoms with Crippen LogP contribution in [0.5, 0.6) is 0 Å². The van der Waals surface area contributed by atoms with Gasteiger partial charge in [-0.25, -0.2) is 0 Å². The lowest BCUT2D eigenvalue weighted by atomic mass is 10.0. The van der Waals surface area contributed by atoms with Crippen LogP contribution in [0.25, 0.3) is 0 Å². The molecule has 0 saturated carbocycles. The fourth-order valence-electron chi connectivity index (χ4n) is 2.82. The number of piperidine rings is 1. The molecule has 20 heavy (non-hydrogen) atoms. The van der Waals surface area contributed by atoms with Gasteiger partial charge in [-0.05, 0) is 40.9 Å². The molecule has 0 bridgehead atoms. The summed E-state index contributed by atoms with van der Waals surface area (Å²) in [6, 6.07) is 5.76. The predicted molar refractivity (Wildman–Crippen MR) is 84.5 cm³/mol. The monoisotopic (exact) mass is 333 g/mol. The van der Waals surface area contributed by atoms with Crippen LogP contribution in [0, 0.1) is 0 Å². The summed E-state index contributed by atoms with van der Waals surface area (Å²) in [6.45, 7) is 7.96. The third-order valence-corrected chi connectivity index (χ3v) is 4.50. The molecule has 3 rings (SSSR count). The van der Waals surface area contributed by atoms with Crippen LogP contribution in [0.3, 0.4) is 0 Å². The van der Waals surface area contributed by atoms with Crippen LogP contribution in [0.4, 0.5) is 11.4 Å². The molecule has 1 N–H and O–H groups in total. The number of carbonyl (C=O) groups is 1. The van der Waals surface area contributed by atoms with Gasteiger partial charge in [0.2, 0.25) is 5.91 Å². The van der Waals surface area contributed by atoms with Crippen LogP contribution in [-0.2, 0) is 4.79 Å². The van der Waals surface area contributed by atoms with Crippen molar-refractivity contribution in [3.05, 3.63) is 47.3 Å². The second-order valence-corrected chi connectivity index (χ2v) is 5.95. The molecule has 1 amide bonds. The van der Waals surface area contributed by atoms with E-state index in [1.165, 1.54) is 0 Å². The Morgan fingerprint density at radius 3 is 2.85 bits per heavy atom. The number of amides is 1. The lowest BCUT2D eigenvalue weighted by Gasteiger charge is -2.33. The number of anilines is 2. The molecular formula is C15H16BrN3O. The van der Waals surface area contributed by atoms with Gasteiger partial charge in [0.15, 0.2) is 0 Å². The molecule has 1 saturated heterocycles. The van der Waals surface area contributed by atoms with Gasteiger partial charge >= 0.3 is 0 Å². The minimum Gasteiger partial charge on any atom is -0.329 e. The van der Waals surface area contributed by atoms with Gasteiger partial charge in [-0.2, -0.15) is 0 Å². The van der Waals surface area contributed by atoms with Crippen LogP contribution >= 0.6 is 15.9 Å². The standard InChI is InChI=1S/C15H16BrN3O/c1-9-7-8-13(15(20)17-9)19-10(2)18(3)14-11(16)5-4-6-12(14)19/h4-6,13H,1-2,7-8H2,3H3,(H,17,20). The minimum atomic E-state index is -0.231. The summed E-state index contributed by atoms with van der Waals surface area (Å²) >= 11 is 3.57. The van der Waals surface area contributed by atoms with E-state index < -0.39 is 0 Å². The third kappa shape index (κ3) is 1.85. The van der Waals surface area contributed by atoms with Gasteiger partial charge < -0.3 is 15.1 Å². The second-order valence-electron chi connectivity index (χ2n) is 5.10. The first kappa shape index (κ1) is 13.2. The number of benzene rings is 1. The van der Waals surface area contributed by atoms with Gasteiger partial charge in [0.25, 0.3) is 0 Å². The number of nitrogens with one attached hydrogen (secondary N) is 1. The highest BCUT2D eigenvalue weighted by molar-refractivity contribution is 9.10. The summed E-state index contributed by atoms with van der Waals surface area (Å²) in [4.78, 5) is 16.3. The van der Waals surface area contributed by atoms with E-state index in [9.17, 15) is 4.79 Å². The highest BCUT2D eigenvalue weighted by atomic mass is 79.9. The molecule has 104 valence electrons. The Labute approximate surface area is 126 Å². The maximum atomic E-state index is 12.3. The number of rotatable bonds is 1. The van der Waals surface area contributed by atoms with Crippen molar-refractivity contribution >= 4 is 33.2 Å². The highest BCUT2D eigenvalue weighted by Crippen LogP contribution is 2.46. The maximum absolute atomic E-state index is 12.3. The molecular weight excluding hydrogens is 318 g/mol. The molecule has 1 atom stereocenters. The molecule has 0 aliphatic carbocycles. The Morgan fingerprint density at radius 1 is 1.40 bits per heavy atom. The zero-order valence-electron chi connectivity index (χ0n) is 11.3. The Morgan fingerprint density at radius 2 is 2.15 bits per heavy atom. The molecule has 1 aromatic rings. The van der Waals surface area contributed by atoms with E-state index in [1.54, 1.807) is 0 Å². The fourth-order valence-corrected chi connectivity index (χ4v) is 3.44. The normalized spacial score (nSPS) is 22.1. The Balaban J connectivity index is 2.03. The van der Waals surface area contributed by atoms with E-state index in [0.29, 0.717) is 0 Å². The van der Waals surface area contributed by atoms with Crippen LogP contribution < -0.4 is 15.1 Å². The molecule has 2 heterocycles. The minimum absolute atomic E-state index is 0.0105. The van der Waals surface area contributed by atoms with Crippen LogP contribution in [0.2, 0.25) is 0 Å². The Hall–Kier alpha value is -1.75. The van der Waals surface area contributed by atoms with Gasteiger partial charge in [0, 0.05) is 17.2 Å². The summed E-state index contributed by atoms with van der Waals surface area (Å²) in [5, 5.41) is 2.84. The molecule has 1 unspecified atom stereocenters. The smallest absolute Gasteiger partial charge is 0.247 e. The van der Waals surface area contributed by atoms with Crippen molar-refractivity contribution in [1.29, 1.82) is 0 Å². The molecule has 0 aromatic heterocycles. The summed E-state index contributed by atoms with van der Waals surface area (Å²) in [5.74, 6) is 0.809. The molecule has 2 aliphatic heterocycles. The number of nitrogens with zero attached hydrogens (tertiary/aromatic N) is 2. The first-order chi connectivity index (χ1) is 9.50. The summed E-state index contributed by atoms with van der Waals surface area (Å²) in [5.41, 5.74) is 2.85. The predicted octanol–water partition coefficient (Wildman–Crippen LogP) is 2.97. The first-order valence-corrected chi connectivity index (χ1v) is 7.29. The van der Waals surface area contributed by atoms with Crippen molar-refractivity contribution in [2.75, 3.05) is 16.8 Å². The lowest BCUT2D eigenvalue weighted by Crippen LogP contribution is -2.49. The zero-order chi connectivity index (χ0) is 14.4. The number of allylic oxidation sites excluding steroid dienone is 1. The molecule has 2 aliphatic rings. The maximum Gasteiger partial charge on any atom is 0.247 e. The van der Waals surface area contributed by atoms with Crippen molar-refractivity contribution < 1.29 is 4.79 Å². The third-order valence-electron chi connectivity index (χ3n) is 3.86. The lowest BCUT2D eigenvalue weighted by molar-refractivity contribution is -0.122. The Kier molecular flexibility index (Phi) is 3.09. The van der Waals surface area contributed by atoms with E-state index in [4.69, 9.17) is 0 Å². The van der Waals surface area contributed by atoms with Crippen molar-refractivity contribution in [2.45, 2.75) is 18.9 Å². The largest absolute Gasteiger partial charge is 0.329 e. The number of halogens is 1. The van der Waals surface area contributed by atoms with E-state index >= 15 is 0 Å². The summed E-state index contributed by atoms with van der Waals surface area (Å²) in [6.07, 6.45) is 1.55. The summed E-state index contributed by atoms with van der Waals surface area (Å²) < 4.78 is 1.00. The highest BCUT2D eigenvalue weighted by Gasteiger charge is 2.38. The number of para-hydroxylation sites is 1. The molecule has 0 radical (unpaired) electrons. The number of fused-ring (bicyclic) bond motifs is 1. The number of hydrogen-bond donors (Lipinski definition) is 1. The molecule has 1 fully saturated rings. The molecule has 0 spiro atoms. The number of hydrogen-bond acceptors (Lipinski definition) is 3. The molecule has 4 nitrogen and oxygen atoms in total. The zero-order valence-corrected chi connectivity index (χ0v) is 12.9. The average molecular weight is 334 g/mol. The van der Waals surface area contributed by atoms with E-state index in [-0.39, 0.29) is 11.9 Å². The fraction of sp³-hybridized carbons (Fsp3) is 0.267. The van der Waals surface area contributed by atoms with Gasteiger partial charge in [-0.15, -0.1) is 0 Å². The van der Waals surface area contributed by atoms with Crippen LogP contribution in [-0.4, -0.2) is 19.0 Å². The van der Waals surface area contributed by atoms with Gasteiger partial charge in [-0.1, -0.05) is 19.2 Å². The van der Waals surface area contributed by atoms with Crippen molar-refractivity contribution in [1.82, 2.24) is 5.32 Å². The van der Waals surface area contributed by atoms with Gasteiger partial charge in [-0.3, -0.25) is 4.79 Å². The Bertz CT molecular complexity index is 626. The van der Waals surface area contributed by atoms with Crippen LogP contribution in [0.15, 0.2) is 47.3 Å². The molecule has 5 heteroatoms. The van der Waals surface area contributed by atoms with Gasteiger partial charge in [0.05, 0.1) is 11.4 Å². The SMILES string of the molecule is C=C1CCC(N2C(=C)N(C)c3c(Br)cccc32)C(=O)N1.